The smallest absolute Gasteiger partial charge is 0.392 e. The number of benzene rings is 1. The Balaban J connectivity index is 1.22. The van der Waals surface area contributed by atoms with Gasteiger partial charge in [-0.2, -0.15) is 13.2 Å². The van der Waals surface area contributed by atoms with Crippen LogP contribution in [0.3, 0.4) is 0 Å². The molecule has 0 bridgehead atoms. The second-order valence-electron chi connectivity index (χ2n) is 10.3. The Morgan fingerprint density at radius 3 is 2.57 bits per heavy atom. The molecule has 1 saturated heterocycles. The van der Waals surface area contributed by atoms with Crippen molar-refractivity contribution in [2.24, 2.45) is 11.8 Å². The van der Waals surface area contributed by atoms with Gasteiger partial charge in [-0.15, -0.1) is 0 Å². The normalized spacial score (nSPS) is 22.8. The molecule has 1 unspecified atom stereocenters. The first kappa shape index (κ1) is 25.8. The number of ketones is 1. The lowest BCUT2D eigenvalue weighted by atomic mass is 9.80. The summed E-state index contributed by atoms with van der Waals surface area (Å²) < 4.78 is 39.3. The zero-order chi connectivity index (χ0) is 25.2. The minimum atomic E-state index is -4.46. The molecule has 35 heavy (non-hydrogen) atoms. The van der Waals surface area contributed by atoms with Crippen LogP contribution < -0.4 is 5.32 Å². The van der Waals surface area contributed by atoms with Gasteiger partial charge in [0.2, 0.25) is 0 Å². The van der Waals surface area contributed by atoms with Crippen LogP contribution in [0.2, 0.25) is 0 Å². The minimum Gasteiger partial charge on any atom is -0.392 e. The minimum absolute atomic E-state index is 0.0175. The Morgan fingerprint density at radius 2 is 1.91 bits per heavy atom. The molecular formula is C25H34F3N5O2. The van der Waals surface area contributed by atoms with E-state index in [1.165, 1.54) is 12.4 Å². The van der Waals surface area contributed by atoms with E-state index >= 15 is 0 Å². The van der Waals surface area contributed by atoms with Crippen molar-refractivity contribution in [1.82, 2.24) is 19.8 Å². The molecule has 1 aromatic heterocycles. The largest absolute Gasteiger partial charge is 0.416 e. The fourth-order valence-electron chi connectivity index (χ4n) is 5.36. The van der Waals surface area contributed by atoms with Gasteiger partial charge in [0.1, 0.15) is 12.1 Å². The van der Waals surface area contributed by atoms with Crippen LogP contribution in [0.1, 0.15) is 37.7 Å². The maximum absolute atomic E-state index is 13.1. The summed E-state index contributed by atoms with van der Waals surface area (Å²) in [5.74, 6) is 0.922. The van der Waals surface area contributed by atoms with Crippen molar-refractivity contribution >= 4 is 22.5 Å². The van der Waals surface area contributed by atoms with Crippen LogP contribution in [-0.2, 0) is 11.0 Å². The maximum atomic E-state index is 13.1. The molecule has 1 aliphatic carbocycles. The van der Waals surface area contributed by atoms with Gasteiger partial charge in [0.05, 0.1) is 23.7 Å². The lowest BCUT2D eigenvalue weighted by Crippen LogP contribution is -2.54. The number of Topliss-reactive ketones (excluding diaryl/α,β-unsaturated/α-hetero) is 1. The van der Waals surface area contributed by atoms with Gasteiger partial charge in [-0.25, -0.2) is 9.97 Å². The number of anilines is 1. The first-order chi connectivity index (χ1) is 16.6. The van der Waals surface area contributed by atoms with Crippen LogP contribution in [0, 0.1) is 11.8 Å². The van der Waals surface area contributed by atoms with E-state index in [0.717, 1.165) is 50.9 Å². The number of nitrogens with zero attached hydrogens (tertiary/aromatic N) is 4. The molecule has 0 spiro atoms. The number of likely N-dealkylation sites (N-methyl/N-ethyl adjacent to an activating group) is 1. The van der Waals surface area contributed by atoms with Gasteiger partial charge in [-0.1, -0.05) is 0 Å². The SMILES string of the molecule is CN(C)CC(O)C1CCC(N2CC(CC(=O)CNc3ncnc4ccc(C(F)(F)F)cc34)C2)CC1. The zero-order valence-corrected chi connectivity index (χ0v) is 20.3. The molecular weight excluding hydrogens is 459 g/mol. The number of aliphatic hydroxyl groups is 1. The van der Waals surface area contributed by atoms with Crippen molar-refractivity contribution in [2.45, 2.75) is 50.4 Å². The van der Waals surface area contributed by atoms with Crippen molar-refractivity contribution in [3.05, 3.63) is 30.1 Å². The predicted molar refractivity (Wildman–Crippen MR) is 128 cm³/mol. The monoisotopic (exact) mass is 493 g/mol. The summed E-state index contributed by atoms with van der Waals surface area (Å²) in [6, 6.07) is 3.84. The fraction of sp³-hybridized carbons (Fsp3) is 0.640. The quantitative estimate of drug-likeness (QED) is 0.554. The van der Waals surface area contributed by atoms with Gasteiger partial charge in [-0.3, -0.25) is 9.69 Å². The molecule has 2 N–H and O–H groups in total. The molecule has 192 valence electrons. The molecule has 1 aliphatic heterocycles. The van der Waals surface area contributed by atoms with Crippen LogP contribution in [0.25, 0.3) is 10.9 Å². The highest BCUT2D eigenvalue weighted by Crippen LogP contribution is 2.34. The standard InChI is InChI=1S/C25H34F3N5O2/c1-32(2)14-23(35)17-3-6-19(7-4-17)33-12-16(13-33)9-20(34)11-29-24-21-10-18(25(26,27)28)5-8-22(21)30-15-31-24/h5,8,10,15-17,19,23,35H,3-4,6-7,9,11-14H2,1-2H3,(H,29,30,31). The Kier molecular flexibility index (Phi) is 7.92. The summed E-state index contributed by atoms with van der Waals surface area (Å²) in [7, 11) is 3.96. The highest BCUT2D eigenvalue weighted by atomic mass is 19.4. The third kappa shape index (κ3) is 6.48. The third-order valence-corrected chi connectivity index (χ3v) is 7.27. The summed E-state index contributed by atoms with van der Waals surface area (Å²) in [5.41, 5.74) is -0.383. The Hall–Kier alpha value is -2.30. The van der Waals surface area contributed by atoms with Crippen LogP contribution in [0.4, 0.5) is 19.0 Å². The fourth-order valence-corrected chi connectivity index (χ4v) is 5.36. The number of aliphatic hydroxyl groups excluding tert-OH is 1. The average Bonchev–Trinajstić information content (AvgIpc) is 2.78. The van der Waals surface area contributed by atoms with E-state index in [1.807, 2.05) is 19.0 Å². The van der Waals surface area contributed by atoms with Crippen LogP contribution >= 0.6 is 0 Å². The van der Waals surface area contributed by atoms with Gasteiger partial charge >= 0.3 is 6.18 Å². The van der Waals surface area contributed by atoms with E-state index in [2.05, 4.69) is 20.2 Å². The predicted octanol–water partition coefficient (Wildman–Crippen LogP) is 3.43. The molecule has 1 saturated carbocycles. The van der Waals surface area contributed by atoms with Crippen molar-refractivity contribution in [3.8, 4) is 0 Å². The summed E-state index contributed by atoms with van der Waals surface area (Å²) in [6.07, 6.45) is 1.22. The topological polar surface area (TPSA) is 81.6 Å². The van der Waals surface area contributed by atoms with E-state index in [-0.39, 0.29) is 29.6 Å². The molecule has 2 heterocycles. The zero-order valence-electron chi connectivity index (χ0n) is 20.3. The molecule has 10 heteroatoms. The van der Waals surface area contributed by atoms with E-state index in [1.54, 1.807) is 0 Å². The summed E-state index contributed by atoms with van der Waals surface area (Å²) in [6.45, 7) is 2.51. The molecule has 0 radical (unpaired) electrons. The van der Waals surface area contributed by atoms with E-state index in [4.69, 9.17) is 0 Å². The molecule has 0 amide bonds. The third-order valence-electron chi connectivity index (χ3n) is 7.27. The van der Waals surface area contributed by atoms with Crippen LogP contribution in [-0.4, -0.2) is 83.1 Å². The number of nitrogens with one attached hydrogen (secondary N) is 1. The summed E-state index contributed by atoms with van der Waals surface area (Å²) in [5, 5.41) is 13.5. The highest BCUT2D eigenvalue weighted by Gasteiger charge is 2.36. The molecule has 1 atom stereocenters. The second kappa shape index (κ2) is 10.8. The van der Waals surface area contributed by atoms with E-state index < -0.39 is 11.7 Å². The molecule has 2 aromatic rings. The first-order valence-electron chi connectivity index (χ1n) is 12.2. The number of carbonyl (C=O) groups excluding carboxylic acids is 1. The number of fused-ring (bicyclic) bond motifs is 1. The Bertz CT molecular complexity index is 1020. The summed E-state index contributed by atoms with van der Waals surface area (Å²) in [4.78, 5) is 25.1. The van der Waals surface area contributed by atoms with Gasteiger partial charge in [0.25, 0.3) is 0 Å². The molecule has 7 nitrogen and oxygen atoms in total. The van der Waals surface area contributed by atoms with Gasteiger partial charge < -0.3 is 15.3 Å². The van der Waals surface area contributed by atoms with Crippen LogP contribution in [0.5, 0.6) is 0 Å². The number of likely N-dealkylation sites (tertiary alicyclic amines) is 1. The second-order valence-corrected chi connectivity index (χ2v) is 10.3. The van der Waals surface area contributed by atoms with Crippen molar-refractivity contribution < 1.29 is 23.1 Å². The van der Waals surface area contributed by atoms with E-state index in [0.29, 0.717) is 36.4 Å². The van der Waals surface area contributed by atoms with Crippen LogP contribution in [0.15, 0.2) is 24.5 Å². The Morgan fingerprint density at radius 1 is 1.20 bits per heavy atom. The maximum Gasteiger partial charge on any atom is 0.416 e. The average molecular weight is 494 g/mol. The van der Waals surface area contributed by atoms with Crippen molar-refractivity contribution in [2.75, 3.05) is 45.6 Å². The van der Waals surface area contributed by atoms with Gasteiger partial charge in [0, 0.05) is 37.5 Å². The lowest BCUT2D eigenvalue weighted by Gasteiger charge is -2.47. The first-order valence-corrected chi connectivity index (χ1v) is 12.2. The number of hydrogen-bond acceptors (Lipinski definition) is 7. The summed E-state index contributed by atoms with van der Waals surface area (Å²) >= 11 is 0. The molecule has 1 aromatic carbocycles. The van der Waals surface area contributed by atoms with Crippen molar-refractivity contribution in [3.63, 3.8) is 0 Å². The van der Waals surface area contributed by atoms with Crippen molar-refractivity contribution in [1.29, 1.82) is 0 Å². The molecule has 2 aliphatic rings. The molecule has 4 rings (SSSR count). The Labute approximate surface area is 203 Å². The number of hydrogen-bond donors (Lipinski definition) is 2. The number of alkyl halides is 3. The molecule has 2 fully saturated rings. The highest BCUT2D eigenvalue weighted by molar-refractivity contribution is 5.91. The number of carbonyl (C=O) groups is 1. The lowest BCUT2D eigenvalue weighted by molar-refractivity contribution is -0.137. The number of halogens is 3. The van der Waals surface area contributed by atoms with Gasteiger partial charge in [-0.05, 0) is 69.8 Å². The number of aromatic nitrogens is 2. The van der Waals surface area contributed by atoms with Gasteiger partial charge in [0.15, 0.2) is 5.78 Å². The number of rotatable bonds is 9. The van der Waals surface area contributed by atoms with E-state index in [9.17, 15) is 23.1 Å².